The summed E-state index contributed by atoms with van der Waals surface area (Å²) in [4.78, 5) is 12.0. The number of benzene rings is 1. The van der Waals surface area contributed by atoms with E-state index in [-0.39, 0.29) is 17.1 Å². The highest BCUT2D eigenvalue weighted by Gasteiger charge is 2.57. The first-order valence-corrected chi connectivity index (χ1v) is 7.72. The van der Waals surface area contributed by atoms with Gasteiger partial charge in [-0.15, -0.1) is 0 Å². The molecule has 1 aromatic rings. The summed E-state index contributed by atoms with van der Waals surface area (Å²) < 4.78 is 0. The van der Waals surface area contributed by atoms with E-state index in [0.29, 0.717) is 24.0 Å². The SMILES string of the molecule is CC12CCC3c4ccc(O)cc4C=CC3C1CC(=O)C2O. The number of Topliss-reactive ketones (excluding diaryl/α,β-unsaturated/α-hetero) is 1. The average molecular weight is 284 g/mol. The number of allylic oxidation sites excluding steroid dienone is 1. The Morgan fingerprint density at radius 1 is 1.33 bits per heavy atom. The molecule has 2 fully saturated rings. The van der Waals surface area contributed by atoms with Gasteiger partial charge in [-0.05, 0) is 53.9 Å². The zero-order chi connectivity index (χ0) is 14.8. The Bertz CT molecular complexity index is 648. The van der Waals surface area contributed by atoms with Crippen molar-refractivity contribution in [2.24, 2.45) is 17.3 Å². The quantitative estimate of drug-likeness (QED) is 0.770. The Hall–Kier alpha value is -1.61. The van der Waals surface area contributed by atoms with Gasteiger partial charge in [-0.3, -0.25) is 4.79 Å². The van der Waals surface area contributed by atoms with Crippen LogP contribution in [0.2, 0.25) is 0 Å². The van der Waals surface area contributed by atoms with Crippen LogP contribution in [0, 0.1) is 17.3 Å². The predicted molar refractivity (Wildman–Crippen MR) is 79.8 cm³/mol. The van der Waals surface area contributed by atoms with Crippen LogP contribution < -0.4 is 0 Å². The van der Waals surface area contributed by atoms with Crippen molar-refractivity contribution >= 4 is 11.9 Å². The highest BCUT2D eigenvalue weighted by Crippen LogP contribution is 2.59. The van der Waals surface area contributed by atoms with Crippen molar-refractivity contribution in [1.82, 2.24) is 0 Å². The molecule has 4 rings (SSSR count). The number of aliphatic hydroxyl groups excluding tert-OH is 1. The second kappa shape index (κ2) is 4.20. The summed E-state index contributed by atoms with van der Waals surface area (Å²) in [7, 11) is 0. The van der Waals surface area contributed by atoms with Crippen LogP contribution in [-0.4, -0.2) is 22.1 Å². The largest absolute Gasteiger partial charge is 0.508 e. The van der Waals surface area contributed by atoms with Gasteiger partial charge in [0.1, 0.15) is 11.9 Å². The fourth-order valence-electron chi connectivity index (χ4n) is 4.86. The summed E-state index contributed by atoms with van der Waals surface area (Å²) in [6.07, 6.45) is 5.84. The highest BCUT2D eigenvalue weighted by molar-refractivity contribution is 5.87. The van der Waals surface area contributed by atoms with Crippen LogP contribution in [0.15, 0.2) is 24.3 Å². The molecule has 0 amide bonds. The van der Waals surface area contributed by atoms with E-state index in [4.69, 9.17) is 0 Å². The second-order valence-electron chi connectivity index (χ2n) is 7.08. The lowest BCUT2D eigenvalue weighted by Gasteiger charge is -2.47. The number of carbonyl (C=O) groups excluding carboxylic acids is 1. The molecular weight excluding hydrogens is 264 g/mol. The van der Waals surface area contributed by atoms with E-state index < -0.39 is 6.10 Å². The van der Waals surface area contributed by atoms with E-state index in [9.17, 15) is 15.0 Å². The van der Waals surface area contributed by atoms with Crippen LogP contribution in [0.5, 0.6) is 5.75 Å². The number of rotatable bonds is 0. The van der Waals surface area contributed by atoms with Crippen molar-refractivity contribution in [2.75, 3.05) is 0 Å². The summed E-state index contributed by atoms with van der Waals surface area (Å²) in [6.45, 7) is 2.07. The zero-order valence-electron chi connectivity index (χ0n) is 12.1. The molecule has 5 unspecified atom stereocenters. The third-order valence-corrected chi connectivity index (χ3v) is 6.09. The summed E-state index contributed by atoms with van der Waals surface area (Å²) in [6, 6.07) is 5.57. The maximum absolute atomic E-state index is 12.0. The molecule has 0 aromatic heterocycles. The lowest BCUT2D eigenvalue weighted by molar-refractivity contribution is -0.127. The predicted octanol–water partition coefficient (Wildman–Crippen LogP) is 2.87. The average Bonchev–Trinajstić information content (AvgIpc) is 2.70. The van der Waals surface area contributed by atoms with Crippen molar-refractivity contribution in [3.05, 3.63) is 35.4 Å². The van der Waals surface area contributed by atoms with Crippen LogP contribution in [0.25, 0.3) is 6.08 Å². The minimum Gasteiger partial charge on any atom is -0.508 e. The van der Waals surface area contributed by atoms with Crippen molar-refractivity contribution in [3.8, 4) is 5.75 Å². The summed E-state index contributed by atoms with van der Waals surface area (Å²) in [5, 5.41) is 19.9. The molecule has 3 aliphatic rings. The van der Waals surface area contributed by atoms with E-state index in [0.717, 1.165) is 18.4 Å². The maximum Gasteiger partial charge on any atom is 0.162 e. The number of hydrogen-bond acceptors (Lipinski definition) is 3. The van der Waals surface area contributed by atoms with Gasteiger partial charge in [0.15, 0.2) is 5.78 Å². The third-order valence-electron chi connectivity index (χ3n) is 6.09. The number of phenolic OH excluding ortho intramolecular Hbond substituents is 1. The minimum absolute atomic E-state index is 0.00746. The molecule has 1 aromatic carbocycles. The van der Waals surface area contributed by atoms with E-state index in [1.807, 2.05) is 12.1 Å². The Morgan fingerprint density at radius 2 is 2.14 bits per heavy atom. The number of ketones is 1. The molecule has 3 nitrogen and oxygen atoms in total. The maximum atomic E-state index is 12.0. The van der Waals surface area contributed by atoms with Crippen LogP contribution in [0.4, 0.5) is 0 Å². The number of carbonyl (C=O) groups is 1. The molecule has 0 radical (unpaired) electrons. The van der Waals surface area contributed by atoms with Gasteiger partial charge < -0.3 is 10.2 Å². The molecule has 2 N–H and O–H groups in total. The van der Waals surface area contributed by atoms with Gasteiger partial charge in [-0.1, -0.05) is 25.1 Å². The van der Waals surface area contributed by atoms with Crippen LogP contribution >= 0.6 is 0 Å². The Balaban J connectivity index is 1.76. The monoisotopic (exact) mass is 284 g/mol. The van der Waals surface area contributed by atoms with Crippen LogP contribution in [0.1, 0.15) is 43.2 Å². The first kappa shape index (κ1) is 13.1. The first-order chi connectivity index (χ1) is 10.0. The van der Waals surface area contributed by atoms with Gasteiger partial charge in [-0.25, -0.2) is 0 Å². The number of aliphatic hydroxyl groups is 1. The van der Waals surface area contributed by atoms with Gasteiger partial charge in [-0.2, -0.15) is 0 Å². The lowest BCUT2D eigenvalue weighted by Crippen LogP contribution is -2.43. The minimum atomic E-state index is -0.793. The van der Waals surface area contributed by atoms with Gasteiger partial charge in [0.05, 0.1) is 0 Å². The van der Waals surface area contributed by atoms with Gasteiger partial charge in [0.2, 0.25) is 0 Å². The smallest absolute Gasteiger partial charge is 0.162 e. The molecule has 3 heteroatoms. The summed E-state index contributed by atoms with van der Waals surface area (Å²) >= 11 is 0. The Kier molecular flexibility index (Phi) is 2.62. The molecule has 2 saturated carbocycles. The molecule has 3 aliphatic carbocycles. The molecule has 0 aliphatic heterocycles. The van der Waals surface area contributed by atoms with Crippen molar-refractivity contribution < 1.29 is 15.0 Å². The molecule has 0 spiro atoms. The molecule has 110 valence electrons. The van der Waals surface area contributed by atoms with Gasteiger partial charge in [0.25, 0.3) is 0 Å². The molecular formula is C18H20O3. The molecule has 5 atom stereocenters. The van der Waals surface area contributed by atoms with Crippen LogP contribution in [0.3, 0.4) is 0 Å². The number of hydrogen-bond donors (Lipinski definition) is 2. The number of fused-ring (bicyclic) bond motifs is 5. The summed E-state index contributed by atoms with van der Waals surface area (Å²) in [5.74, 6) is 1.26. The van der Waals surface area contributed by atoms with Gasteiger partial charge in [0, 0.05) is 11.8 Å². The van der Waals surface area contributed by atoms with E-state index >= 15 is 0 Å². The second-order valence-corrected chi connectivity index (χ2v) is 7.08. The Morgan fingerprint density at radius 3 is 2.95 bits per heavy atom. The lowest BCUT2D eigenvalue weighted by atomic mass is 9.57. The fourth-order valence-corrected chi connectivity index (χ4v) is 4.86. The number of aromatic hydroxyl groups is 1. The molecule has 21 heavy (non-hydrogen) atoms. The van der Waals surface area contributed by atoms with Crippen LogP contribution in [-0.2, 0) is 4.79 Å². The molecule has 0 saturated heterocycles. The summed E-state index contributed by atoms with van der Waals surface area (Å²) in [5.41, 5.74) is 2.10. The van der Waals surface area contributed by atoms with Crippen molar-refractivity contribution in [2.45, 2.75) is 38.2 Å². The Labute approximate surface area is 124 Å². The van der Waals surface area contributed by atoms with Crippen molar-refractivity contribution in [1.29, 1.82) is 0 Å². The third kappa shape index (κ3) is 1.67. The van der Waals surface area contributed by atoms with E-state index in [1.54, 1.807) is 6.07 Å². The molecule has 0 heterocycles. The fraction of sp³-hybridized carbons (Fsp3) is 0.500. The molecule has 0 bridgehead atoms. The van der Waals surface area contributed by atoms with Crippen molar-refractivity contribution in [3.63, 3.8) is 0 Å². The standard InChI is InChI=1S/C18H20O3/c1-18-7-6-13-12-5-3-11(19)8-10(12)2-4-14(13)15(18)9-16(20)17(18)21/h2-5,8,13-15,17,19,21H,6-7,9H2,1H3. The highest BCUT2D eigenvalue weighted by atomic mass is 16.3. The first-order valence-electron chi connectivity index (χ1n) is 7.72. The van der Waals surface area contributed by atoms with E-state index in [1.165, 1.54) is 5.56 Å². The number of phenols is 1. The normalized spacial score (nSPS) is 40.6. The van der Waals surface area contributed by atoms with Gasteiger partial charge >= 0.3 is 0 Å². The van der Waals surface area contributed by atoms with E-state index in [2.05, 4.69) is 19.1 Å². The zero-order valence-corrected chi connectivity index (χ0v) is 12.1. The topological polar surface area (TPSA) is 57.5 Å².